The Bertz CT molecular complexity index is 426. The second-order valence-electron chi connectivity index (χ2n) is 5.49. The summed E-state index contributed by atoms with van der Waals surface area (Å²) >= 11 is 0. The van der Waals surface area contributed by atoms with Crippen molar-refractivity contribution in [1.82, 2.24) is 0 Å². The minimum atomic E-state index is -1.15. The monoisotopic (exact) mass is 296 g/mol. The fourth-order valence-electron chi connectivity index (χ4n) is 2.69. The molecule has 0 N–H and O–H groups in total. The number of carbonyl (C=O) groups excluding carboxylic acids is 3. The molecule has 0 aromatic rings. The van der Waals surface area contributed by atoms with E-state index in [1.54, 1.807) is 6.92 Å². The van der Waals surface area contributed by atoms with Gasteiger partial charge in [-0.1, -0.05) is 19.4 Å². The second kappa shape index (κ2) is 7.96. The zero-order chi connectivity index (χ0) is 15.9. The Morgan fingerprint density at radius 1 is 1.24 bits per heavy atom. The molecule has 5 nitrogen and oxygen atoms in total. The lowest BCUT2D eigenvalue weighted by molar-refractivity contribution is -0.160. The van der Waals surface area contributed by atoms with E-state index in [0.29, 0.717) is 18.4 Å². The number of hydrogen-bond donors (Lipinski definition) is 0. The Kier molecular flexibility index (Phi) is 6.59. The van der Waals surface area contributed by atoms with Gasteiger partial charge < -0.3 is 9.47 Å². The van der Waals surface area contributed by atoms with Crippen LogP contribution in [0.15, 0.2) is 12.2 Å². The van der Waals surface area contributed by atoms with Gasteiger partial charge in [0, 0.05) is 13.3 Å². The first-order valence-electron chi connectivity index (χ1n) is 7.43. The van der Waals surface area contributed by atoms with Gasteiger partial charge in [0.25, 0.3) is 0 Å². The van der Waals surface area contributed by atoms with Crippen LogP contribution in [0.5, 0.6) is 0 Å². The summed E-state index contributed by atoms with van der Waals surface area (Å²) in [6, 6.07) is 0. The van der Waals surface area contributed by atoms with E-state index >= 15 is 0 Å². The third kappa shape index (κ3) is 4.69. The molecule has 0 saturated heterocycles. The molecular formula is C16H24O5. The molecule has 0 radical (unpaired) electrons. The van der Waals surface area contributed by atoms with Crippen LogP contribution in [0.4, 0.5) is 0 Å². The second-order valence-corrected chi connectivity index (χ2v) is 5.49. The van der Waals surface area contributed by atoms with E-state index in [0.717, 1.165) is 19.3 Å². The van der Waals surface area contributed by atoms with Crippen LogP contribution >= 0.6 is 0 Å². The number of Topliss-reactive ketones (excluding diaryl/α,β-unsaturated/α-hetero) is 1. The number of carbonyl (C=O) groups is 3. The van der Waals surface area contributed by atoms with Crippen LogP contribution in [0, 0.1) is 5.41 Å². The normalized spacial score (nSPS) is 22.3. The molecule has 0 spiro atoms. The largest absolute Gasteiger partial charge is 0.465 e. The molecule has 0 heterocycles. The molecule has 118 valence electrons. The smallest absolute Gasteiger partial charge is 0.319 e. The molecule has 0 aromatic heterocycles. The first-order valence-corrected chi connectivity index (χ1v) is 7.43. The van der Waals surface area contributed by atoms with Gasteiger partial charge in [0.2, 0.25) is 0 Å². The third-order valence-corrected chi connectivity index (χ3v) is 3.74. The molecule has 1 unspecified atom stereocenters. The standard InChI is InChI=1S/C16H24O5/c1-4-20-15(19)16(9-7-5-6-8-14(16)18)10-12(2)11-21-13(3)17/h2,4-11H2,1,3H3. The highest BCUT2D eigenvalue weighted by molar-refractivity contribution is 6.04. The zero-order valence-corrected chi connectivity index (χ0v) is 12.9. The highest BCUT2D eigenvalue weighted by Crippen LogP contribution is 2.39. The Morgan fingerprint density at radius 2 is 1.95 bits per heavy atom. The van der Waals surface area contributed by atoms with Crippen LogP contribution in [-0.2, 0) is 23.9 Å². The quantitative estimate of drug-likeness (QED) is 0.326. The van der Waals surface area contributed by atoms with Crippen LogP contribution in [0.25, 0.3) is 0 Å². The first-order chi connectivity index (χ1) is 9.92. The zero-order valence-electron chi connectivity index (χ0n) is 12.9. The molecule has 21 heavy (non-hydrogen) atoms. The van der Waals surface area contributed by atoms with Crippen LogP contribution in [0.1, 0.15) is 52.4 Å². The lowest BCUT2D eigenvalue weighted by Crippen LogP contribution is -2.41. The van der Waals surface area contributed by atoms with E-state index in [1.165, 1.54) is 6.92 Å². The van der Waals surface area contributed by atoms with Crippen molar-refractivity contribution < 1.29 is 23.9 Å². The summed E-state index contributed by atoms with van der Waals surface area (Å²) in [5.74, 6) is -0.961. The highest BCUT2D eigenvalue weighted by atomic mass is 16.5. The molecule has 0 bridgehead atoms. The number of hydrogen-bond acceptors (Lipinski definition) is 5. The Labute approximate surface area is 125 Å². The summed E-state index contributed by atoms with van der Waals surface area (Å²) in [5, 5.41) is 0. The van der Waals surface area contributed by atoms with Crippen LogP contribution < -0.4 is 0 Å². The van der Waals surface area contributed by atoms with Gasteiger partial charge in [0.1, 0.15) is 12.0 Å². The van der Waals surface area contributed by atoms with Gasteiger partial charge in [-0.15, -0.1) is 0 Å². The minimum Gasteiger partial charge on any atom is -0.465 e. The van der Waals surface area contributed by atoms with E-state index < -0.39 is 17.4 Å². The summed E-state index contributed by atoms with van der Waals surface area (Å²) < 4.78 is 10.0. The maximum Gasteiger partial charge on any atom is 0.319 e. The summed E-state index contributed by atoms with van der Waals surface area (Å²) in [6.07, 6.45) is 3.60. The van der Waals surface area contributed by atoms with Gasteiger partial charge in [-0.25, -0.2) is 0 Å². The number of rotatable bonds is 6. The van der Waals surface area contributed by atoms with Crippen molar-refractivity contribution in [1.29, 1.82) is 0 Å². The first kappa shape index (κ1) is 17.4. The number of ketones is 1. The van der Waals surface area contributed by atoms with Crippen LogP contribution in [-0.4, -0.2) is 30.9 Å². The summed E-state index contributed by atoms with van der Waals surface area (Å²) in [6.45, 7) is 7.14. The Hall–Kier alpha value is -1.65. The SMILES string of the molecule is C=C(COC(C)=O)CC1(C(=O)OCC)CCCCCC1=O. The van der Waals surface area contributed by atoms with Gasteiger partial charge in [0.05, 0.1) is 6.61 Å². The topological polar surface area (TPSA) is 69.7 Å². The van der Waals surface area contributed by atoms with Crippen molar-refractivity contribution in [3.8, 4) is 0 Å². The summed E-state index contributed by atoms with van der Waals surface area (Å²) in [4.78, 5) is 35.7. The summed E-state index contributed by atoms with van der Waals surface area (Å²) in [5.41, 5.74) is -0.586. The van der Waals surface area contributed by atoms with Gasteiger partial charge in [0.15, 0.2) is 5.78 Å². The Morgan fingerprint density at radius 3 is 2.57 bits per heavy atom. The van der Waals surface area contributed by atoms with Crippen molar-refractivity contribution in [3.05, 3.63) is 12.2 Å². The Balaban J connectivity index is 2.90. The lowest BCUT2D eigenvalue weighted by atomic mass is 9.74. The van der Waals surface area contributed by atoms with E-state index in [9.17, 15) is 14.4 Å². The predicted molar refractivity (Wildman–Crippen MR) is 77.5 cm³/mol. The molecule has 5 heteroatoms. The van der Waals surface area contributed by atoms with Crippen LogP contribution in [0.2, 0.25) is 0 Å². The molecule has 0 aromatic carbocycles. The molecule has 1 atom stereocenters. The molecule has 1 aliphatic carbocycles. The van der Waals surface area contributed by atoms with Crippen molar-refractivity contribution in [2.45, 2.75) is 52.4 Å². The fourth-order valence-corrected chi connectivity index (χ4v) is 2.69. The maximum absolute atomic E-state index is 12.5. The third-order valence-electron chi connectivity index (χ3n) is 3.74. The molecule has 0 aliphatic heterocycles. The van der Waals surface area contributed by atoms with Crippen molar-refractivity contribution in [3.63, 3.8) is 0 Å². The average molecular weight is 296 g/mol. The number of ether oxygens (including phenoxy) is 2. The molecule has 1 saturated carbocycles. The van der Waals surface area contributed by atoms with E-state index in [1.807, 2.05) is 0 Å². The van der Waals surface area contributed by atoms with E-state index in [4.69, 9.17) is 9.47 Å². The van der Waals surface area contributed by atoms with E-state index in [2.05, 4.69) is 6.58 Å². The molecule has 0 amide bonds. The lowest BCUT2D eigenvalue weighted by Gasteiger charge is -2.29. The minimum absolute atomic E-state index is 0.0315. The van der Waals surface area contributed by atoms with Gasteiger partial charge in [-0.05, 0) is 31.8 Å². The molecule has 1 rings (SSSR count). The molecule has 1 aliphatic rings. The fraction of sp³-hybridized carbons (Fsp3) is 0.688. The highest BCUT2D eigenvalue weighted by Gasteiger charge is 2.47. The molecule has 1 fully saturated rings. The molecular weight excluding hydrogens is 272 g/mol. The predicted octanol–water partition coefficient (Wildman–Crippen LogP) is 2.58. The average Bonchev–Trinajstić information content (AvgIpc) is 2.60. The van der Waals surface area contributed by atoms with Gasteiger partial charge in [-0.2, -0.15) is 0 Å². The summed E-state index contributed by atoms with van der Waals surface area (Å²) in [7, 11) is 0. The number of esters is 2. The van der Waals surface area contributed by atoms with Crippen LogP contribution in [0.3, 0.4) is 0 Å². The van der Waals surface area contributed by atoms with Crippen molar-refractivity contribution in [2.24, 2.45) is 5.41 Å². The van der Waals surface area contributed by atoms with Crippen molar-refractivity contribution >= 4 is 17.7 Å². The maximum atomic E-state index is 12.5. The van der Waals surface area contributed by atoms with Gasteiger partial charge in [-0.3, -0.25) is 14.4 Å². The van der Waals surface area contributed by atoms with Crippen molar-refractivity contribution in [2.75, 3.05) is 13.2 Å². The van der Waals surface area contributed by atoms with E-state index in [-0.39, 0.29) is 25.4 Å². The van der Waals surface area contributed by atoms with Gasteiger partial charge >= 0.3 is 11.9 Å².